The second-order valence-electron chi connectivity index (χ2n) is 5.15. The number of aryl methyl sites for hydroxylation is 2. The van der Waals surface area contributed by atoms with Gasteiger partial charge in [-0.05, 0) is 26.7 Å². The maximum absolute atomic E-state index is 9.54. The smallest absolute Gasteiger partial charge is 0.149 e. The molecule has 0 aromatic carbocycles. The summed E-state index contributed by atoms with van der Waals surface area (Å²) in [6, 6.07) is 0. The molecule has 98 valence electrons. The minimum absolute atomic E-state index is 0.0979. The number of rotatable bonds is 2. The molecular formula is C13H19N3OS. The highest BCUT2D eigenvalue weighted by molar-refractivity contribution is 7.18. The van der Waals surface area contributed by atoms with Crippen LogP contribution in [0.25, 0.3) is 10.3 Å². The van der Waals surface area contributed by atoms with Gasteiger partial charge in [-0.2, -0.15) is 0 Å². The Labute approximate surface area is 111 Å². The zero-order valence-electron chi connectivity index (χ0n) is 10.9. The second kappa shape index (κ2) is 4.64. The van der Waals surface area contributed by atoms with Crippen molar-refractivity contribution in [1.29, 1.82) is 0 Å². The molecule has 0 radical (unpaired) electrons. The average Bonchev–Trinajstić information content (AvgIpc) is 2.80. The molecule has 1 aliphatic rings. The highest BCUT2D eigenvalue weighted by Crippen LogP contribution is 2.29. The Morgan fingerprint density at radius 1 is 1.39 bits per heavy atom. The highest BCUT2D eigenvalue weighted by atomic mass is 32.1. The zero-order chi connectivity index (χ0) is 12.7. The normalized spacial score (nSPS) is 18.8. The van der Waals surface area contributed by atoms with Gasteiger partial charge in [-0.15, -0.1) is 11.3 Å². The van der Waals surface area contributed by atoms with Crippen molar-refractivity contribution >= 4 is 21.7 Å². The van der Waals surface area contributed by atoms with Crippen molar-refractivity contribution in [1.82, 2.24) is 14.9 Å². The van der Waals surface area contributed by atoms with Crippen molar-refractivity contribution < 1.29 is 5.11 Å². The van der Waals surface area contributed by atoms with Gasteiger partial charge in [0.1, 0.15) is 5.65 Å². The Bertz CT molecular complexity index is 552. The van der Waals surface area contributed by atoms with Crippen LogP contribution in [0.5, 0.6) is 0 Å². The quantitative estimate of drug-likeness (QED) is 0.875. The van der Waals surface area contributed by atoms with Crippen LogP contribution < -0.4 is 0 Å². The Hall–Kier alpha value is -0.910. The third kappa shape index (κ3) is 2.18. The molecule has 1 saturated heterocycles. The van der Waals surface area contributed by atoms with Gasteiger partial charge in [0.2, 0.25) is 0 Å². The predicted octanol–water partition coefficient (Wildman–Crippen LogP) is 2.20. The molecule has 5 heteroatoms. The van der Waals surface area contributed by atoms with Gasteiger partial charge in [0.05, 0.1) is 15.8 Å². The Morgan fingerprint density at radius 3 is 2.83 bits per heavy atom. The van der Waals surface area contributed by atoms with Crippen LogP contribution in [0.2, 0.25) is 0 Å². The van der Waals surface area contributed by atoms with E-state index in [-0.39, 0.29) is 6.10 Å². The van der Waals surface area contributed by atoms with Crippen LogP contribution in [0.4, 0.5) is 0 Å². The van der Waals surface area contributed by atoms with Gasteiger partial charge in [0.15, 0.2) is 0 Å². The van der Waals surface area contributed by atoms with E-state index in [1.807, 2.05) is 0 Å². The van der Waals surface area contributed by atoms with E-state index in [4.69, 9.17) is 0 Å². The van der Waals surface area contributed by atoms with Gasteiger partial charge in [-0.25, -0.2) is 4.98 Å². The fourth-order valence-corrected chi connectivity index (χ4v) is 3.60. The molecule has 0 aliphatic carbocycles. The van der Waals surface area contributed by atoms with Crippen molar-refractivity contribution in [3.63, 3.8) is 0 Å². The number of hydrogen-bond acceptors (Lipinski definition) is 4. The van der Waals surface area contributed by atoms with Gasteiger partial charge in [0.25, 0.3) is 0 Å². The highest BCUT2D eigenvalue weighted by Gasteiger charge is 2.20. The summed E-state index contributed by atoms with van der Waals surface area (Å²) in [5.74, 6) is 0. The fourth-order valence-electron chi connectivity index (χ4n) is 2.63. The summed E-state index contributed by atoms with van der Waals surface area (Å²) in [4.78, 5) is 10.3. The zero-order valence-corrected chi connectivity index (χ0v) is 11.7. The van der Waals surface area contributed by atoms with E-state index in [9.17, 15) is 5.11 Å². The Kier molecular flexibility index (Phi) is 3.13. The van der Waals surface area contributed by atoms with Crippen molar-refractivity contribution in [3.8, 4) is 0 Å². The number of nitrogens with zero attached hydrogens (tertiary/aromatic N) is 2. The van der Waals surface area contributed by atoms with E-state index < -0.39 is 0 Å². The lowest BCUT2D eigenvalue weighted by atomic mass is 10.1. The van der Waals surface area contributed by atoms with Gasteiger partial charge in [0, 0.05) is 30.9 Å². The van der Waals surface area contributed by atoms with E-state index in [1.54, 1.807) is 11.3 Å². The number of aliphatic hydroxyl groups excluding tert-OH is 1. The molecular weight excluding hydrogens is 246 g/mol. The maximum Gasteiger partial charge on any atom is 0.149 e. The molecule has 0 bridgehead atoms. The summed E-state index contributed by atoms with van der Waals surface area (Å²) in [6.07, 6.45) is 1.70. The molecule has 3 rings (SSSR count). The summed E-state index contributed by atoms with van der Waals surface area (Å²) in [6.45, 7) is 7.13. The molecule has 2 N–H and O–H groups in total. The summed E-state index contributed by atoms with van der Waals surface area (Å²) < 4.78 is 1.30. The largest absolute Gasteiger partial charge is 0.393 e. The van der Waals surface area contributed by atoms with Gasteiger partial charge >= 0.3 is 0 Å². The average molecular weight is 265 g/mol. The first-order chi connectivity index (χ1) is 8.63. The van der Waals surface area contributed by atoms with Crippen LogP contribution in [-0.2, 0) is 6.54 Å². The topological polar surface area (TPSA) is 52.2 Å². The second-order valence-corrected chi connectivity index (χ2v) is 6.35. The molecule has 18 heavy (non-hydrogen) atoms. The Morgan fingerprint density at radius 2 is 2.11 bits per heavy atom. The van der Waals surface area contributed by atoms with Crippen LogP contribution >= 0.6 is 11.3 Å². The van der Waals surface area contributed by atoms with Crippen LogP contribution in [-0.4, -0.2) is 39.2 Å². The van der Waals surface area contributed by atoms with Crippen LogP contribution in [0.15, 0.2) is 0 Å². The molecule has 0 saturated carbocycles. The first-order valence-electron chi connectivity index (χ1n) is 6.48. The van der Waals surface area contributed by atoms with E-state index in [0.717, 1.165) is 43.1 Å². The van der Waals surface area contributed by atoms with E-state index in [0.29, 0.717) is 0 Å². The number of aromatic nitrogens is 2. The number of nitrogens with one attached hydrogen (secondary N) is 1. The Balaban J connectivity index is 1.83. The predicted molar refractivity (Wildman–Crippen MR) is 74.0 cm³/mol. The summed E-state index contributed by atoms with van der Waals surface area (Å²) in [7, 11) is 0. The molecule has 0 spiro atoms. The van der Waals surface area contributed by atoms with Gasteiger partial charge in [-0.3, -0.25) is 4.90 Å². The van der Waals surface area contributed by atoms with Gasteiger partial charge < -0.3 is 10.1 Å². The number of aliphatic hydroxyl groups is 1. The lowest BCUT2D eigenvalue weighted by Gasteiger charge is -2.29. The third-order valence-electron chi connectivity index (χ3n) is 3.71. The molecule has 0 unspecified atom stereocenters. The minimum Gasteiger partial charge on any atom is -0.393 e. The molecule has 0 amide bonds. The van der Waals surface area contributed by atoms with Crippen LogP contribution in [0.1, 0.15) is 29.1 Å². The fraction of sp³-hybridized carbons (Fsp3) is 0.615. The third-order valence-corrected chi connectivity index (χ3v) is 4.74. The SMILES string of the molecule is Cc1nc2[nH]c(C)c(CN3CCC(O)CC3)c2s1. The van der Waals surface area contributed by atoms with E-state index in [2.05, 4.69) is 28.7 Å². The molecule has 0 atom stereocenters. The monoisotopic (exact) mass is 265 g/mol. The molecule has 3 heterocycles. The van der Waals surface area contributed by atoms with Crippen LogP contribution in [0.3, 0.4) is 0 Å². The first kappa shape index (κ1) is 12.1. The number of fused-ring (bicyclic) bond motifs is 1. The maximum atomic E-state index is 9.54. The van der Waals surface area contributed by atoms with Crippen LogP contribution in [0, 0.1) is 13.8 Å². The summed E-state index contributed by atoms with van der Waals surface area (Å²) in [5, 5.41) is 10.7. The molecule has 2 aromatic rings. The molecule has 4 nitrogen and oxygen atoms in total. The number of hydrogen-bond donors (Lipinski definition) is 2. The van der Waals surface area contributed by atoms with E-state index in [1.165, 1.54) is 16.0 Å². The van der Waals surface area contributed by atoms with E-state index >= 15 is 0 Å². The number of piperidine rings is 1. The van der Waals surface area contributed by atoms with Crippen molar-refractivity contribution in [2.24, 2.45) is 0 Å². The number of likely N-dealkylation sites (tertiary alicyclic amines) is 1. The summed E-state index contributed by atoms with van der Waals surface area (Å²) >= 11 is 1.77. The standard InChI is InChI=1S/C13H19N3OS/c1-8-11(7-16-5-3-10(17)4-6-16)12-13(14-8)15-9(2)18-12/h10,14,17H,3-7H2,1-2H3. The summed E-state index contributed by atoms with van der Waals surface area (Å²) in [5.41, 5.74) is 3.64. The van der Waals surface area contributed by atoms with Crippen molar-refractivity contribution in [3.05, 3.63) is 16.3 Å². The van der Waals surface area contributed by atoms with Crippen molar-refractivity contribution in [2.45, 2.75) is 39.3 Å². The number of aromatic amines is 1. The molecule has 2 aromatic heterocycles. The minimum atomic E-state index is -0.0979. The first-order valence-corrected chi connectivity index (χ1v) is 7.30. The molecule has 1 fully saturated rings. The number of H-pyrrole nitrogens is 1. The lowest BCUT2D eigenvalue weighted by molar-refractivity contribution is 0.0794. The van der Waals surface area contributed by atoms with Crippen molar-refractivity contribution in [2.75, 3.05) is 13.1 Å². The van der Waals surface area contributed by atoms with Gasteiger partial charge in [-0.1, -0.05) is 0 Å². The molecule has 1 aliphatic heterocycles. The number of thiazole rings is 1. The lowest BCUT2D eigenvalue weighted by Crippen LogP contribution is -2.35.